The third kappa shape index (κ3) is 3.50. The first-order valence-corrected chi connectivity index (χ1v) is 9.21. The van der Waals surface area contributed by atoms with Crippen molar-refractivity contribution in [3.8, 4) is 0 Å². The fourth-order valence-electron chi connectivity index (χ4n) is 2.61. The van der Waals surface area contributed by atoms with Gasteiger partial charge in [0.2, 0.25) is 0 Å². The van der Waals surface area contributed by atoms with Crippen molar-refractivity contribution >= 4 is 10.0 Å². The molecule has 24 heavy (non-hydrogen) atoms. The molecule has 9 nitrogen and oxygen atoms in total. The summed E-state index contributed by atoms with van der Waals surface area (Å²) >= 11 is 0. The number of rotatable bonds is 5. The second-order valence-corrected chi connectivity index (χ2v) is 7.77. The van der Waals surface area contributed by atoms with E-state index in [1.165, 1.54) is 4.31 Å². The van der Waals surface area contributed by atoms with Gasteiger partial charge < -0.3 is 13.8 Å². The molecule has 0 unspecified atom stereocenters. The zero-order valence-corrected chi connectivity index (χ0v) is 14.8. The van der Waals surface area contributed by atoms with Crippen LogP contribution in [0.25, 0.3) is 0 Å². The summed E-state index contributed by atoms with van der Waals surface area (Å²) in [5.74, 6) is 1.67. The summed E-state index contributed by atoms with van der Waals surface area (Å²) < 4.78 is 39.1. The minimum Gasteiger partial charge on any atom is -0.368 e. The van der Waals surface area contributed by atoms with Gasteiger partial charge >= 0.3 is 0 Å². The van der Waals surface area contributed by atoms with E-state index in [1.807, 2.05) is 0 Å². The van der Waals surface area contributed by atoms with E-state index < -0.39 is 10.0 Å². The lowest BCUT2D eigenvalue weighted by atomic mass is 10.1. The molecular weight excluding hydrogens is 334 g/mol. The molecule has 0 amide bonds. The Morgan fingerprint density at radius 1 is 1.29 bits per heavy atom. The SMILES string of the molecule is Cc1noc(COC2CCN(S(=O)(=O)c3cn(C)c(C)n3)CC2)n1. The van der Waals surface area contributed by atoms with E-state index >= 15 is 0 Å². The Morgan fingerprint density at radius 2 is 2.00 bits per heavy atom. The molecule has 1 aliphatic rings. The van der Waals surface area contributed by atoms with Crippen LogP contribution in [0.1, 0.15) is 30.4 Å². The Kier molecular flexibility index (Phi) is 4.70. The predicted molar refractivity (Wildman–Crippen MR) is 83.5 cm³/mol. The van der Waals surface area contributed by atoms with Crippen LogP contribution in [-0.2, 0) is 28.4 Å². The van der Waals surface area contributed by atoms with E-state index in [0.717, 1.165) is 0 Å². The number of sulfonamides is 1. The van der Waals surface area contributed by atoms with Gasteiger partial charge in [-0.1, -0.05) is 5.16 Å². The second kappa shape index (κ2) is 6.61. The summed E-state index contributed by atoms with van der Waals surface area (Å²) in [6.45, 7) is 4.59. The Bertz CT molecular complexity index is 785. The van der Waals surface area contributed by atoms with Crippen LogP contribution in [0.3, 0.4) is 0 Å². The monoisotopic (exact) mass is 355 g/mol. The minimum absolute atomic E-state index is 0.0193. The molecule has 3 heterocycles. The molecule has 132 valence electrons. The van der Waals surface area contributed by atoms with Crippen molar-refractivity contribution in [2.75, 3.05) is 13.1 Å². The maximum atomic E-state index is 12.6. The third-order valence-electron chi connectivity index (χ3n) is 4.10. The van der Waals surface area contributed by atoms with Gasteiger partial charge in [0.15, 0.2) is 10.9 Å². The number of aryl methyl sites for hydroxylation is 3. The van der Waals surface area contributed by atoms with E-state index in [0.29, 0.717) is 43.5 Å². The van der Waals surface area contributed by atoms with E-state index in [2.05, 4.69) is 15.1 Å². The van der Waals surface area contributed by atoms with Crippen molar-refractivity contribution in [2.45, 2.75) is 44.4 Å². The summed E-state index contributed by atoms with van der Waals surface area (Å²) in [6.07, 6.45) is 2.77. The highest BCUT2D eigenvalue weighted by Crippen LogP contribution is 2.22. The Morgan fingerprint density at radius 3 is 2.54 bits per heavy atom. The van der Waals surface area contributed by atoms with Crippen molar-refractivity contribution in [1.29, 1.82) is 0 Å². The molecule has 0 radical (unpaired) electrons. The molecule has 0 bridgehead atoms. The number of hydrogen-bond acceptors (Lipinski definition) is 7. The van der Waals surface area contributed by atoms with Crippen LogP contribution in [0, 0.1) is 13.8 Å². The molecule has 0 atom stereocenters. The topological polar surface area (TPSA) is 103 Å². The third-order valence-corrected chi connectivity index (χ3v) is 5.87. The normalized spacial score (nSPS) is 17.5. The molecule has 3 rings (SSSR count). The number of ether oxygens (including phenoxy) is 1. The van der Waals surface area contributed by atoms with Crippen molar-refractivity contribution < 1.29 is 17.7 Å². The van der Waals surface area contributed by atoms with Crippen LogP contribution in [0.15, 0.2) is 15.7 Å². The van der Waals surface area contributed by atoms with E-state index in [4.69, 9.17) is 9.26 Å². The maximum absolute atomic E-state index is 12.6. The van der Waals surface area contributed by atoms with E-state index in [9.17, 15) is 8.42 Å². The van der Waals surface area contributed by atoms with Gasteiger partial charge in [-0.15, -0.1) is 0 Å². The van der Waals surface area contributed by atoms with Gasteiger partial charge in [-0.05, 0) is 26.7 Å². The summed E-state index contributed by atoms with van der Waals surface area (Å²) in [7, 11) is -1.77. The minimum atomic E-state index is -3.55. The van der Waals surface area contributed by atoms with Crippen LogP contribution in [0.5, 0.6) is 0 Å². The molecule has 2 aromatic heterocycles. The van der Waals surface area contributed by atoms with Crippen molar-refractivity contribution in [3.63, 3.8) is 0 Å². The lowest BCUT2D eigenvalue weighted by Gasteiger charge is -2.30. The highest BCUT2D eigenvalue weighted by atomic mass is 32.2. The Balaban J connectivity index is 1.56. The second-order valence-electron chi connectivity index (χ2n) is 5.89. The molecular formula is C14H21N5O4S. The van der Waals surface area contributed by atoms with Gasteiger partial charge in [0, 0.05) is 26.3 Å². The average Bonchev–Trinajstić information content (AvgIpc) is 3.12. The Hall–Kier alpha value is -1.78. The van der Waals surface area contributed by atoms with Crippen LogP contribution in [0.2, 0.25) is 0 Å². The van der Waals surface area contributed by atoms with Gasteiger partial charge in [0.25, 0.3) is 15.9 Å². The van der Waals surface area contributed by atoms with Crippen LogP contribution in [-0.4, -0.2) is 51.6 Å². The highest BCUT2D eigenvalue weighted by Gasteiger charge is 2.31. The smallest absolute Gasteiger partial charge is 0.262 e. The highest BCUT2D eigenvalue weighted by molar-refractivity contribution is 7.89. The summed E-state index contributed by atoms with van der Waals surface area (Å²) in [5, 5.41) is 3.80. The molecule has 0 saturated carbocycles. The van der Waals surface area contributed by atoms with Crippen molar-refractivity contribution in [2.24, 2.45) is 7.05 Å². The van der Waals surface area contributed by atoms with Gasteiger partial charge in [-0.25, -0.2) is 13.4 Å². The average molecular weight is 355 g/mol. The van der Waals surface area contributed by atoms with E-state index in [1.54, 1.807) is 31.7 Å². The fourth-order valence-corrected chi connectivity index (χ4v) is 4.10. The predicted octanol–water partition coefficient (Wildman–Crippen LogP) is 0.790. The van der Waals surface area contributed by atoms with Crippen molar-refractivity contribution in [3.05, 3.63) is 23.7 Å². The van der Waals surface area contributed by atoms with Crippen LogP contribution >= 0.6 is 0 Å². The molecule has 1 aliphatic heterocycles. The number of aromatic nitrogens is 4. The lowest BCUT2D eigenvalue weighted by molar-refractivity contribution is -0.00121. The fraction of sp³-hybridized carbons (Fsp3) is 0.643. The number of piperidine rings is 1. The quantitative estimate of drug-likeness (QED) is 0.781. The number of hydrogen-bond donors (Lipinski definition) is 0. The van der Waals surface area contributed by atoms with Crippen LogP contribution < -0.4 is 0 Å². The Labute approximate surface area is 140 Å². The molecule has 1 saturated heterocycles. The number of imidazole rings is 1. The molecule has 0 spiro atoms. The molecule has 10 heteroatoms. The van der Waals surface area contributed by atoms with Crippen molar-refractivity contribution in [1.82, 2.24) is 24.0 Å². The van der Waals surface area contributed by atoms with Gasteiger partial charge in [0.1, 0.15) is 12.4 Å². The number of nitrogens with zero attached hydrogens (tertiary/aromatic N) is 5. The first-order chi connectivity index (χ1) is 11.4. The zero-order valence-electron chi connectivity index (χ0n) is 14.0. The molecule has 2 aromatic rings. The molecule has 0 N–H and O–H groups in total. The van der Waals surface area contributed by atoms with Gasteiger partial charge in [-0.3, -0.25) is 0 Å². The molecule has 0 aliphatic carbocycles. The summed E-state index contributed by atoms with van der Waals surface area (Å²) in [5.41, 5.74) is 0. The first kappa shape index (κ1) is 17.1. The largest absolute Gasteiger partial charge is 0.368 e. The maximum Gasteiger partial charge on any atom is 0.262 e. The van der Waals surface area contributed by atoms with Gasteiger partial charge in [-0.2, -0.15) is 9.29 Å². The standard InChI is InChI=1S/C14H21N5O4S/c1-10-15-13(23-17-10)9-22-12-4-6-19(7-5-12)24(20,21)14-8-18(3)11(2)16-14/h8,12H,4-7,9H2,1-3H3. The van der Waals surface area contributed by atoms with E-state index in [-0.39, 0.29) is 17.7 Å². The molecule has 0 aromatic carbocycles. The first-order valence-electron chi connectivity index (χ1n) is 7.77. The summed E-state index contributed by atoms with van der Waals surface area (Å²) in [6, 6.07) is 0. The lowest BCUT2D eigenvalue weighted by Crippen LogP contribution is -2.40. The van der Waals surface area contributed by atoms with Crippen LogP contribution in [0.4, 0.5) is 0 Å². The zero-order chi connectivity index (χ0) is 17.3. The molecule has 1 fully saturated rings. The van der Waals surface area contributed by atoms with Gasteiger partial charge in [0.05, 0.1) is 6.10 Å². The summed E-state index contributed by atoms with van der Waals surface area (Å²) in [4.78, 5) is 8.21.